The van der Waals surface area contributed by atoms with Crippen LogP contribution in [0.5, 0.6) is 0 Å². The highest BCUT2D eigenvalue weighted by Crippen LogP contribution is 2.34. The topological polar surface area (TPSA) is 54.9 Å². The maximum atomic E-state index is 13.1. The van der Waals surface area contributed by atoms with Crippen LogP contribution in [0.2, 0.25) is 0 Å². The number of anilines is 1. The molecule has 24 heavy (non-hydrogen) atoms. The zero-order valence-corrected chi connectivity index (χ0v) is 15.1. The average molecular weight is 361 g/mol. The molecule has 124 valence electrons. The molecule has 0 aliphatic carbocycles. The fraction of sp³-hybridized carbons (Fsp3) is 0.235. The SMILES string of the molecule is Cc1cc(F)ccc1NC(=O)CSc1ncnc2sc(C)c(C)c12. The molecular formula is C17H16FN3OS2. The van der Waals surface area contributed by atoms with Gasteiger partial charge in [-0.05, 0) is 50.1 Å². The summed E-state index contributed by atoms with van der Waals surface area (Å²) in [5, 5.41) is 4.64. The summed E-state index contributed by atoms with van der Waals surface area (Å²) in [6, 6.07) is 4.30. The Morgan fingerprint density at radius 3 is 2.83 bits per heavy atom. The number of carbonyl (C=O) groups is 1. The van der Waals surface area contributed by atoms with E-state index in [0.717, 1.165) is 20.8 Å². The van der Waals surface area contributed by atoms with Gasteiger partial charge in [0.05, 0.1) is 5.75 Å². The molecule has 1 aromatic carbocycles. The van der Waals surface area contributed by atoms with E-state index >= 15 is 0 Å². The summed E-state index contributed by atoms with van der Waals surface area (Å²) in [6.45, 7) is 5.86. The molecule has 2 aromatic heterocycles. The lowest BCUT2D eigenvalue weighted by molar-refractivity contribution is -0.113. The number of carbonyl (C=O) groups excluding carboxylic acids is 1. The lowest BCUT2D eigenvalue weighted by Gasteiger charge is -2.08. The fourth-order valence-corrected chi connectivity index (χ4v) is 4.26. The average Bonchev–Trinajstić information content (AvgIpc) is 2.83. The number of thioether (sulfide) groups is 1. The minimum absolute atomic E-state index is 0.147. The van der Waals surface area contributed by atoms with Gasteiger partial charge in [0.15, 0.2) is 0 Å². The number of benzene rings is 1. The van der Waals surface area contributed by atoms with Crippen LogP contribution >= 0.6 is 23.1 Å². The number of aromatic nitrogens is 2. The van der Waals surface area contributed by atoms with Crippen molar-refractivity contribution in [2.45, 2.75) is 25.8 Å². The standard InChI is InChI=1S/C17H16FN3OS2/c1-9-6-12(18)4-5-13(9)21-14(22)7-23-16-15-10(2)11(3)24-17(15)20-8-19-16/h4-6,8H,7H2,1-3H3,(H,21,22). The first-order chi connectivity index (χ1) is 11.5. The molecule has 0 saturated heterocycles. The molecule has 4 nitrogen and oxygen atoms in total. The van der Waals surface area contributed by atoms with Crippen molar-refractivity contribution in [3.63, 3.8) is 0 Å². The largest absolute Gasteiger partial charge is 0.325 e. The lowest BCUT2D eigenvalue weighted by Crippen LogP contribution is -2.15. The quantitative estimate of drug-likeness (QED) is 0.550. The van der Waals surface area contributed by atoms with Crippen molar-refractivity contribution in [3.8, 4) is 0 Å². The molecule has 2 heterocycles. The summed E-state index contributed by atoms with van der Waals surface area (Å²) in [5.41, 5.74) is 2.48. The van der Waals surface area contributed by atoms with E-state index in [1.54, 1.807) is 24.3 Å². The van der Waals surface area contributed by atoms with Crippen molar-refractivity contribution in [2.24, 2.45) is 0 Å². The zero-order chi connectivity index (χ0) is 17.3. The number of thiophene rings is 1. The number of nitrogens with zero attached hydrogens (tertiary/aromatic N) is 2. The number of hydrogen-bond donors (Lipinski definition) is 1. The highest BCUT2D eigenvalue weighted by atomic mass is 32.2. The van der Waals surface area contributed by atoms with Crippen LogP contribution in [0.3, 0.4) is 0 Å². The van der Waals surface area contributed by atoms with Crippen LogP contribution in [0.1, 0.15) is 16.0 Å². The summed E-state index contributed by atoms with van der Waals surface area (Å²) in [6.07, 6.45) is 1.53. The summed E-state index contributed by atoms with van der Waals surface area (Å²) in [4.78, 5) is 22.9. The first kappa shape index (κ1) is 16.9. The highest BCUT2D eigenvalue weighted by molar-refractivity contribution is 8.00. The van der Waals surface area contributed by atoms with E-state index in [9.17, 15) is 9.18 Å². The van der Waals surface area contributed by atoms with Crippen LogP contribution in [0, 0.1) is 26.6 Å². The normalized spacial score (nSPS) is 11.0. The van der Waals surface area contributed by atoms with Gasteiger partial charge in [-0.25, -0.2) is 14.4 Å². The van der Waals surface area contributed by atoms with Crippen molar-refractivity contribution in [2.75, 3.05) is 11.1 Å². The van der Waals surface area contributed by atoms with Crippen LogP contribution in [0.4, 0.5) is 10.1 Å². The number of fused-ring (bicyclic) bond motifs is 1. The minimum atomic E-state index is -0.313. The molecule has 1 N–H and O–H groups in total. The van der Waals surface area contributed by atoms with Gasteiger partial charge in [-0.3, -0.25) is 4.79 Å². The van der Waals surface area contributed by atoms with Crippen LogP contribution in [-0.2, 0) is 4.79 Å². The van der Waals surface area contributed by atoms with Gasteiger partial charge in [0.1, 0.15) is 22.0 Å². The fourth-order valence-electron chi connectivity index (χ4n) is 2.35. The molecule has 0 fully saturated rings. The second-order valence-corrected chi connectivity index (χ2v) is 7.61. The Hall–Kier alpha value is -1.99. The number of aryl methyl sites for hydroxylation is 3. The number of hydrogen-bond acceptors (Lipinski definition) is 5. The highest BCUT2D eigenvalue weighted by Gasteiger charge is 2.14. The molecule has 1 amide bonds. The van der Waals surface area contributed by atoms with Gasteiger partial charge < -0.3 is 5.32 Å². The number of nitrogens with one attached hydrogen (secondary N) is 1. The molecule has 0 unspecified atom stereocenters. The van der Waals surface area contributed by atoms with E-state index in [2.05, 4.69) is 22.2 Å². The predicted molar refractivity (Wildman–Crippen MR) is 97.4 cm³/mol. The predicted octanol–water partition coefficient (Wildman–Crippen LogP) is 4.49. The smallest absolute Gasteiger partial charge is 0.234 e. The molecule has 0 radical (unpaired) electrons. The molecular weight excluding hydrogens is 345 g/mol. The lowest BCUT2D eigenvalue weighted by atomic mass is 10.2. The number of rotatable bonds is 4. The van der Waals surface area contributed by atoms with Gasteiger partial charge in [-0.15, -0.1) is 11.3 Å². The van der Waals surface area contributed by atoms with E-state index < -0.39 is 0 Å². The van der Waals surface area contributed by atoms with Crippen molar-refractivity contribution in [1.29, 1.82) is 0 Å². The van der Waals surface area contributed by atoms with E-state index in [0.29, 0.717) is 11.3 Å². The van der Waals surface area contributed by atoms with Crippen molar-refractivity contribution in [1.82, 2.24) is 9.97 Å². The summed E-state index contributed by atoms with van der Waals surface area (Å²) >= 11 is 3.02. The third-order valence-electron chi connectivity index (χ3n) is 3.73. The molecule has 3 aromatic rings. The Balaban J connectivity index is 1.73. The first-order valence-corrected chi connectivity index (χ1v) is 9.15. The molecule has 7 heteroatoms. The van der Waals surface area contributed by atoms with E-state index in [-0.39, 0.29) is 17.5 Å². The van der Waals surface area contributed by atoms with E-state index in [4.69, 9.17) is 0 Å². The molecule has 0 aliphatic heterocycles. The van der Waals surface area contributed by atoms with Crippen molar-refractivity contribution >= 4 is 44.9 Å². The van der Waals surface area contributed by atoms with Gasteiger partial charge in [0.2, 0.25) is 5.91 Å². The Bertz CT molecular complexity index is 924. The molecule has 3 rings (SSSR count). The molecule has 0 saturated carbocycles. The van der Waals surface area contributed by atoms with E-state index in [1.807, 2.05) is 6.92 Å². The van der Waals surface area contributed by atoms with E-state index in [1.165, 1.54) is 35.1 Å². The third kappa shape index (κ3) is 3.42. The van der Waals surface area contributed by atoms with Crippen molar-refractivity contribution < 1.29 is 9.18 Å². The Morgan fingerprint density at radius 2 is 2.08 bits per heavy atom. The number of halogens is 1. The Kier molecular flexibility index (Phi) is 4.82. The van der Waals surface area contributed by atoms with Gasteiger partial charge in [-0.1, -0.05) is 11.8 Å². The molecule has 0 atom stereocenters. The zero-order valence-electron chi connectivity index (χ0n) is 13.5. The monoisotopic (exact) mass is 361 g/mol. The van der Waals surface area contributed by atoms with Crippen LogP contribution in [0.25, 0.3) is 10.2 Å². The summed E-state index contributed by atoms with van der Waals surface area (Å²) in [7, 11) is 0. The summed E-state index contributed by atoms with van der Waals surface area (Å²) < 4.78 is 13.1. The minimum Gasteiger partial charge on any atom is -0.325 e. The third-order valence-corrected chi connectivity index (χ3v) is 5.84. The molecule has 0 spiro atoms. The Labute approximate surface area is 147 Å². The maximum Gasteiger partial charge on any atom is 0.234 e. The van der Waals surface area contributed by atoms with Crippen molar-refractivity contribution in [3.05, 3.63) is 46.3 Å². The van der Waals surface area contributed by atoms with Gasteiger partial charge >= 0.3 is 0 Å². The molecule has 0 bridgehead atoms. The van der Waals surface area contributed by atoms with Gasteiger partial charge in [0.25, 0.3) is 0 Å². The van der Waals surface area contributed by atoms with Crippen LogP contribution < -0.4 is 5.32 Å². The van der Waals surface area contributed by atoms with Gasteiger partial charge in [0, 0.05) is 16.0 Å². The van der Waals surface area contributed by atoms with Gasteiger partial charge in [-0.2, -0.15) is 0 Å². The van der Waals surface area contributed by atoms with Crippen LogP contribution in [0.15, 0.2) is 29.6 Å². The Morgan fingerprint density at radius 1 is 1.29 bits per heavy atom. The first-order valence-electron chi connectivity index (χ1n) is 7.35. The molecule has 0 aliphatic rings. The maximum absolute atomic E-state index is 13.1. The number of amides is 1. The summed E-state index contributed by atoms with van der Waals surface area (Å²) in [5.74, 6) is -0.227. The second-order valence-electron chi connectivity index (χ2n) is 5.44. The second kappa shape index (κ2) is 6.86. The van der Waals surface area contributed by atoms with Crippen LogP contribution in [-0.4, -0.2) is 21.6 Å².